The maximum atomic E-state index is 15.9. The van der Waals surface area contributed by atoms with E-state index in [1.165, 1.54) is 7.05 Å². The van der Waals surface area contributed by atoms with Gasteiger partial charge in [-0.15, -0.1) is 0 Å². The number of ether oxygens (including phenoxy) is 1. The van der Waals surface area contributed by atoms with Gasteiger partial charge in [0.25, 0.3) is 5.91 Å². The minimum Gasteiger partial charge on any atom is -0.394 e. The number of imide groups is 1. The number of alkyl halides is 1. The predicted octanol–water partition coefficient (Wildman–Crippen LogP) is -0.538. The molecule has 142 valence electrons. The van der Waals surface area contributed by atoms with Crippen molar-refractivity contribution in [1.82, 2.24) is 9.80 Å². The molecular weight excluding hydrogens is 335 g/mol. The monoisotopic (exact) mass is 360 g/mol. The smallest absolute Gasteiger partial charge is 0.329 e. The van der Waals surface area contributed by atoms with E-state index in [4.69, 9.17) is 4.74 Å². The first-order chi connectivity index (χ1) is 11.4. The Labute approximate surface area is 145 Å². The van der Waals surface area contributed by atoms with Crippen LogP contribution in [0.1, 0.15) is 27.7 Å². The third-order valence-electron chi connectivity index (χ3n) is 6.77. The summed E-state index contributed by atoms with van der Waals surface area (Å²) in [6.45, 7) is 6.18. The summed E-state index contributed by atoms with van der Waals surface area (Å²) in [4.78, 5) is 27.0. The van der Waals surface area contributed by atoms with Crippen molar-refractivity contribution in [1.29, 1.82) is 0 Å². The summed E-state index contributed by atoms with van der Waals surface area (Å²) < 4.78 is 21.4. The molecule has 3 amide bonds. The lowest BCUT2D eigenvalue weighted by atomic mass is 9.40. The quantitative estimate of drug-likeness (QED) is 0.610. The van der Waals surface area contributed by atoms with Crippen molar-refractivity contribution >= 4 is 11.9 Å². The molecule has 0 aromatic rings. The molecule has 0 unspecified atom stereocenters. The van der Waals surface area contributed by atoms with Gasteiger partial charge >= 0.3 is 6.03 Å². The Hall–Kier alpha value is -1.29. The Morgan fingerprint density at radius 3 is 2.20 bits per heavy atom. The summed E-state index contributed by atoms with van der Waals surface area (Å²) in [6.07, 6.45) is -5.39. The van der Waals surface area contributed by atoms with Crippen molar-refractivity contribution in [3.05, 3.63) is 0 Å². The van der Waals surface area contributed by atoms with Gasteiger partial charge in [0.2, 0.25) is 5.67 Å². The molecule has 3 fully saturated rings. The van der Waals surface area contributed by atoms with E-state index >= 15 is 4.39 Å². The highest BCUT2D eigenvalue weighted by molar-refractivity contribution is 6.04. The second kappa shape index (κ2) is 5.12. The average Bonchev–Trinajstić information content (AvgIpc) is 2.83. The SMILES string of the molecule is CN1C(=O)N([C@@H]2O[C@H](CO)[C@@H](O)[C@H]2O)[C@@H]2C(C)(C)C(C)(C)[C@]2(F)C1=O. The Bertz CT molecular complexity index is 626. The Morgan fingerprint density at radius 2 is 1.72 bits per heavy atom. The number of hydrogen-bond donors (Lipinski definition) is 3. The molecule has 1 aliphatic carbocycles. The summed E-state index contributed by atoms with van der Waals surface area (Å²) in [5.41, 5.74) is -4.20. The van der Waals surface area contributed by atoms with E-state index in [0.29, 0.717) is 4.90 Å². The number of halogens is 1. The first-order valence-corrected chi connectivity index (χ1v) is 8.27. The minimum atomic E-state index is -2.34. The molecule has 6 atom stereocenters. The molecule has 2 saturated heterocycles. The van der Waals surface area contributed by atoms with Gasteiger partial charge in [0.15, 0.2) is 6.23 Å². The number of fused-ring (bicyclic) bond motifs is 1. The third-order valence-corrected chi connectivity index (χ3v) is 6.77. The van der Waals surface area contributed by atoms with Crippen molar-refractivity contribution in [3.8, 4) is 0 Å². The van der Waals surface area contributed by atoms with Crippen LogP contribution < -0.4 is 0 Å². The lowest BCUT2D eigenvalue weighted by molar-refractivity contribution is -0.277. The summed E-state index contributed by atoms with van der Waals surface area (Å²) in [7, 11) is 1.18. The largest absolute Gasteiger partial charge is 0.394 e. The molecule has 8 nitrogen and oxygen atoms in total. The summed E-state index contributed by atoms with van der Waals surface area (Å²) >= 11 is 0. The van der Waals surface area contributed by atoms with Crippen LogP contribution in [-0.4, -0.2) is 87.0 Å². The van der Waals surface area contributed by atoms with E-state index in [0.717, 1.165) is 4.90 Å². The fraction of sp³-hybridized carbons (Fsp3) is 0.875. The lowest BCUT2D eigenvalue weighted by Gasteiger charge is -2.71. The molecule has 0 bridgehead atoms. The van der Waals surface area contributed by atoms with Crippen molar-refractivity contribution in [2.45, 2.75) is 63.9 Å². The number of carbonyl (C=O) groups is 2. The number of aliphatic hydroxyl groups is 3. The van der Waals surface area contributed by atoms with Gasteiger partial charge in [0.1, 0.15) is 18.3 Å². The number of carbonyl (C=O) groups excluding carboxylic acids is 2. The second-order valence-corrected chi connectivity index (χ2v) is 8.24. The maximum absolute atomic E-state index is 15.9. The Kier molecular flexibility index (Phi) is 3.79. The van der Waals surface area contributed by atoms with Crippen LogP contribution in [-0.2, 0) is 9.53 Å². The van der Waals surface area contributed by atoms with Crippen LogP contribution in [0.25, 0.3) is 0 Å². The predicted molar refractivity (Wildman–Crippen MR) is 83.0 cm³/mol. The summed E-state index contributed by atoms with van der Waals surface area (Å²) in [5.74, 6) is -0.921. The van der Waals surface area contributed by atoms with Gasteiger partial charge in [-0.2, -0.15) is 0 Å². The van der Waals surface area contributed by atoms with Gasteiger partial charge in [0.05, 0.1) is 12.6 Å². The summed E-state index contributed by atoms with van der Waals surface area (Å²) in [5, 5.41) is 29.5. The molecular formula is C16H25FN2O6. The normalized spacial score (nSPS) is 45.4. The fourth-order valence-corrected chi connectivity index (χ4v) is 4.48. The van der Waals surface area contributed by atoms with E-state index in [1.807, 2.05) is 0 Å². The molecule has 0 radical (unpaired) electrons. The molecule has 0 aromatic carbocycles. The van der Waals surface area contributed by atoms with E-state index in [1.54, 1.807) is 27.7 Å². The van der Waals surface area contributed by atoms with Gasteiger partial charge in [-0.05, 0) is 5.41 Å². The number of urea groups is 1. The zero-order valence-electron chi connectivity index (χ0n) is 14.9. The van der Waals surface area contributed by atoms with E-state index in [2.05, 4.69) is 0 Å². The molecule has 3 aliphatic rings. The molecule has 1 saturated carbocycles. The molecule has 2 heterocycles. The van der Waals surface area contributed by atoms with Gasteiger partial charge in [0, 0.05) is 12.5 Å². The fourth-order valence-electron chi connectivity index (χ4n) is 4.48. The molecule has 9 heteroatoms. The summed E-state index contributed by atoms with van der Waals surface area (Å²) in [6, 6.07) is -1.96. The average molecular weight is 360 g/mol. The highest BCUT2D eigenvalue weighted by Crippen LogP contribution is 2.68. The third kappa shape index (κ3) is 1.84. The number of aliphatic hydroxyl groups excluding tert-OH is 3. The van der Waals surface area contributed by atoms with Crippen LogP contribution >= 0.6 is 0 Å². The minimum absolute atomic E-state index is 0.564. The number of rotatable bonds is 2. The molecule has 3 N–H and O–H groups in total. The van der Waals surface area contributed by atoms with Crippen LogP contribution in [0.2, 0.25) is 0 Å². The molecule has 0 spiro atoms. The Balaban J connectivity index is 2.08. The van der Waals surface area contributed by atoms with Crippen molar-refractivity contribution in [3.63, 3.8) is 0 Å². The zero-order valence-corrected chi connectivity index (χ0v) is 14.9. The van der Waals surface area contributed by atoms with E-state index in [9.17, 15) is 24.9 Å². The van der Waals surface area contributed by atoms with Gasteiger partial charge in [-0.1, -0.05) is 27.7 Å². The first kappa shape index (κ1) is 18.5. The number of amides is 3. The van der Waals surface area contributed by atoms with Gasteiger partial charge in [-0.25, -0.2) is 9.18 Å². The van der Waals surface area contributed by atoms with Gasteiger partial charge in [-0.3, -0.25) is 14.6 Å². The highest BCUT2D eigenvalue weighted by Gasteiger charge is 2.82. The van der Waals surface area contributed by atoms with Gasteiger partial charge < -0.3 is 20.1 Å². The number of hydrogen-bond acceptors (Lipinski definition) is 6. The van der Waals surface area contributed by atoms with Crippen molar-refractivity contribution < 1.29 is 34.0 Å². The van der Waals surface area contributed by atoms with E-state index in [-0.39, 0.29) is 0 Å². The first-order valence-electron chi connectivity index (χ1n) is 8.27. The molecule has 2 aliphatic heterocycles. The number of nitrogens with zero attached hydrogens (tertiary/aromatic N) is 2. The van der Waals surface area contributed by atoms with Crippen LogP contribution in [0.5, 0.6) is 0 Å². The molecule has 3 rings (SSSR count). The highest BCUT2D eigenvalue weighted by atomic mass is 19.1. The van der Waals surface area contributed by atoms with E-state index < -0.39 is 65.6 Å². The topological polar surface area (TPSA) is 111 Å². The molecule has 25 heavy (non-hydrogen) atoms. The zero-order chi connectivity index (χ0) is 19.1. The standard InChI is InChI=1S/C16H25FN2O6/c1-14(2)11-16(17,15(14,3)4)12(23)18(5)13(24)19(11)10-9(22)8(21)7(6-20)25-10/h7-11,20-22H,6H2,1-5H3/t7-,8-,9-,10-,11-,16-/m1/s1. The van der Waals surface area contributed by atoms with Crippen LogP contribution in [0.4, 0.5) is 9.18 Å². The van der Waals surface area contributed by atoms with Crippen LogP contribution in [0.15, 0.2) is 0 Å². The van der Waals surface area contributed by atoms with Crippen LogP contribution in [0.3, 0.4) is 0 Å². The Morgan fingerprint density at radius 1 is 1.16 bits per heavy atom. The second-order valence-electron chi connectivity index (χ2n) is 8.24. The van der Waals surface area contributed by atoms with Crippen LogP contribution in [0, 0.1) is 10.8 Å². The molecule has 0 aromatic heterocycles. The maximum Gasteiger partial charge on any atom is 0.329 e. The lowest BCUT2D eigenvalue weighted by Crippen LogP contribution is -2.88. The van der Waals surface area contributed by atoms with Crippen molar-refractivity contribution in [2.75, 3.05) is 13.7 Å². The van der Waals surface area contributed by atoms with Crippen molar-refractivity contribution in [2.24, 2.45) is 10.8 Å².